The molecule has 1 saturated carbocycles. The van der Waals surface area contributed by atoms with Gasteiger partial charge in [0.1, 0.15) is 6.07 Å². The number of nitrogens with zero attached hydrogens (tertiary/aromatic N) is 4. The molecule has 152 valence electrons. The van der Waals surface area contributed by atoms with Gasteiger partial charge in [-0.2, -0.15) is 9.94 Å². The molecule has 2 aromatic heterocycles. The highest BCUT2D eigenvalue weighted by Gasteiger charge is 2.24. The summed E-state index contributed by atoms with van der Waals surface area (Å²) in [4.78, 5) is 37.5. The summed E-state index contributed by atoms with van der Waals surface area (Å²) in [5.41, 5.74) is -1.84. The Labute approximate surface area is 177 Å². The van der Waals surface area contributed by atoms with Gasteiger partial charge in [-0.05, 0) is 30.9 Å². The van der Waals surface area contributed by atoms with Crippen LogP contribution in [0.25, 0.3) is 5.69 Å². The molecule has 1 fully saturated rings. The highest BCUT2D eigenvalue weighted by Crippen LogP contribution is 2.39. The van der Waals surface area contributed by atoms with Crippen molar-refractivity contribution in [3.63, 3.8) is 0 Å². The lowest BCUT2D eigenvalue weighted by Crippen LogP contribution is -2.33. The van der Waals surface area contributed by atoms with Gasteiger partial charge in [0.25, 0.3) is 11.1 Å². The van der Waals surface area contributed by atoms with Crippen molar-refractivity contribution in [1.82, 2.24) is 25.0 Å². The number of H-pyrrole nitrogens is 2. The van der Waals surface area contributed by atoms with Gasteiger partial charge in [0.05, 0.1) is 15.7 Å². The van der Waals surface area contributed by atoms with E-state index in [2.05, 4.69) is 15.3 Å². The fraction of sp³-hybridized carbons (Fsp3) is 0.222. The van der Waals surface area contributed by atoms with E-state index < -0.39 is 16.9 Å². The molecule has 1 aliphatic rings. The van der Waals surface area contributed by atoms with E-state index in [4.69, 9.17) is 33.2 Å². The average molecular weight is 447 g/mol. The Morgan fingerprint density at radius 1 is 1.13 bits per heavy atom. The molecule has 2 N–H and O–H groups in total. The molecule has 10 nitrogen and oxygen atoms in total. The van der Waals surface area contributed by atoms with Crippen LogP contribution in [-0.4, -0.2) is 25.0 Å². The number of aromatic amines is 2. The van der Waals surface area contributed by atoms with Crippen molar-refractivity contribution in [2.75, 3.05) is 0 Å². The maximum absolute atomic E-state index is 12.0. The maximum Gasteiger partial charge on any atom is 0.349 e. The van der Waals surface area contributed by atoms with Crippen molar-refractivity contribution >= 4 is 23.2 Å². The summed E-state index contributed by atoms with van der Waals surface area (Å²) in [5.74, 6) is 0.332. The molecule has 0 unspecified atom stereocenters. The normalized spacial score (nSPS) is 13.5. The van der Waals surface area contributed by atoms with Crippen LogP contribution in [-0.2, 0) is 0 Å². The highest BCUT2D eigenvalue weighted by atomic mass is 35.5. The monoisotopic (exact) mass is 446 g/mol. The first kappa shape index (κ1) is 19.9. The number of nitrogens with one attached hydrogen (secondary N) is 2. The smallest absolute Gasteiger partial charge is 0.349 e. The first-order valence-corrected chi connectivity index (χ1v) is 9.53. The van der Waals surface area contributed by atoms with Gasteiger partial charge < -0.3 is 4.74 Å². The minimum Gasteiger partial charge on any atom is -0.434 e. The molecule has 3 aromatic rings. The maximum atomic E-state index is 12.0. The second-order valence-corrected chi connectivity index (χ2v) is 7.40. The van der Waals surface area contributed by atoms with Crippen molar-refractivity contribution in [3.05, 3.63) is 70.7 Å². The van der Waals surface area contributed by atoms with Crippen LogP contribution < -0.4 is 21.5 Å². The largest absolute Gasteiger partial charge is 0.434 e. The van der Waals surface area contributed by atoms with Crippen molar-refractivity contribution in [2.24, 2.45) is 0 Å². The first-order chi connectivity index (χ1) is 14.4. The van der Waals surface area contributed by atoms with E-state index in [1.807, 2.05) is 4.98 Å². The standard InChI is InChI=1S/C18H12Cl2N6O4/c19-11-4-9(26-18(29)22-17(28)13(7-21)25-26)5-12(20)15(11)30-14-6-10(8-2-1-3-8)16(27)24-23-14/h4-6,8H,1-3H2,(H,24,27)(H,22,28,29). The third kappa shape index (κ3) is 3.60. The summed E-state index contributed by atoms with van der Waals surface area (Å²) in [6, 6.07) is 5.80. The van der Waals surface area contributed by atoms with Crippen LogP contribution in [0.5, 0.6) is 11.6 Å². The van der Waals surface area contributed by atoms with E-state index in [0.29, 0.717) is 5.56 Å². The van der Waals surface area contributed by atoms with Crippen LogP contribution >= 0.6 is 23.2 Å². The summed E-state index contributed by atoms with van der Waals surface area (Å²) in [7, 11) is 0. The third-order valence-electron chi connectivity index (χ3n) is 4.72. The molecule has 0 spiro atoms. The summed E-state index contributed by atoms with van der Waals surface area (Å²) in [6.45, 7) is 0. The Hall–Kier alpha value is -3.42. The van der Waals surface area contributed by atoms with Crippen LogP contribution in [0.2, 0.25) is 10.0 Å². The number of halogens is 2. The number of aromatic nitrogens is 5. The van der Waals surface area contributed by atoms with Gasteiger partial charge >= 0.3 is 5.69 Å². The molecule has 12 heteroatoms. The fourth-order valence-electron chi connectivity index (χ4n) is 3.00. The predicted molar refractivity (Wildman–Crippen MR) is 107 cm³/mol. The Bertz CT molecular complexity index is 1340. The van der Waals surface area contributed by atoms with Gasteiger partial charge in [0.15, 0.2) is 5.75 Å². The van der Waals surface area contributed by atoms with Crippen LogP contribution in [0.4, 0.5) is 0 Å². The van der Waals surface area contributed by atoms with Gasteiger partial charge in [-0.3, -0.25) is 14.6 Å². The lowest BCUT2D eigenvalue weighted by Gasteiger charge is -2.24. The molecule has 1 aromatic carbocycles. The van der Waals surface area contributed by atoms with Gasteiger partial charge in [-0.15, -0.1) is 10.2 Å². The van der Waals surface area contributed by atoms with Crippen LogP contribution in [0.3, 0.4) is 0 Å². The lowest BCUT2D eigenvalue weighted by molar-refractivity contribution is 0.407. The summed E-state index contributed by atoms with van der Waals surface area (Å²) < 4.78 is 6.46. The number of nitriles is 1. The zero-order valence-electron chi connectivity index (χ0n) is 15.1. The predicted octanol–water partition coefficient (Wildman–Crippen LogP) is 2.24. The van der Waals surface area contributed by atoms with Crippen LogP contribution in [0.1, 0.15) is 36.4 Å². The van der Waals surface area contributed by atoms with Crippen molar-refractivity contribution < 1.29 is 4.74 Å². The van der Waals surface area contributed by atoms with E-state index in [1.165, 1.54) is 12.1 Å². The topological polar surface area (TPSA) is 147 Å². The van der Waals surface area contributed by atoms with Gasteiger partial charge in [0.2, 0.25) is 11.6 Å². The van der Waals surface area contributed by atoms with Crippen LogP contribution in [0, 0.1) is 11.3 Å². The molecule has 0 aliphatic heterocycles. The molecule has 2 heterocycles. The SMILES string of the molecule is N#Cc1nn(-c2cc(Cl)c(Oc3cc(C4CCC4)c(=O)[nH]n3)c(Cl)c2)c(=O)[nH]c1=O. The molecule has 0 bridgehead atoms. The van der Waals surface area contributed by atoms with E-state index in [0.717, 1.165) is 23.9 Å². The second-order valence-electron chi connectivity index (χ2n) is 6.59. The minimum absolute atomic E-state index is 0.0223. The van der Waals surface area contributed by atoms with Crippen LogP contribution in [0.15, 0.2) is 32.6 Å². The number of benzene rings is 1. The second kappa shape index (κ2) is 7.78. The minimum atomic E-state index is -0.901. The quantitative estimate of drug-likeness (QED) is 0.624. The molecular formula is C18H12Cl2N6O4. The lowest BCUT2D eigenvalue weighted by atomic mass is 9.81. The molecule has 0 radical (unpaired) electrons. The van der Waals surface area contributed by atoms with Gasteiger partial charge in [-0.1, -0.05) is 29.6 Å². The Morgan fingerprint density at radius 3 is 2.43 bits per heavy atom. The van der Waals surface area contributed by atoms with Gasteiger partial charge in [-0.25, -0.2) is 9.89 Å². The summed E-state index contributed by atoms with van der Waals surface area (Å²) in [5, 5.41) is 19.0. The average Bonchev–Trinajstić information content (AvgIpc) is 2.65. The number of hydrogen-bond donors (Lipinski definition) is 2. The van der Waals surface area contributed by atoms with Crippen molar-refractivity contribution in [3.8, 4) is 23.4 Å². The Balaban J connectivity index is 1.71. The Morgan fingerprint density at radius 2 is 1.83 bits per heavy atom. The van der Waals surface area contributed by atoms with Crippen molar-refractivity contribution in [2.45, 2.75) is 25.2 Å². The Kier molecular flexibility index (Phi) is 5.15. The molecule has 0 atom stereocenters. The highest BCUT2D eigenvalue weighted by molar-refractivity contribution is 6.37. The third-order valence-corrected chi connectivity index (χ3v) is 5.28. The van der Waals surface area contributed by atoms with E-state index >= 15 is 0 Å². The summed E-state index contributed by atoms with van der Waals surface area (Å²) in [6.07, 6.45) is 2.91. The molecule has 0 saturated heterocycles. The summed E-state index contributed by atoms with van der Waals surface area (Å²) >= 11 is 12.5. The van der Waals surface area contributed by atoms with Gasteiger partial charge in [0, 0.05) is 11.6 Å². The zero-order valence-corrected chi connectivity index (χ0v) is 16.6. The zero-order chi connectivity index (χ0) is 21.4. The molecule has 4 rings (SSSR count). The molecular weight excluding hydrogens is 435 g/mol. The number of rotatable bonds is 4. The van der Waals surface area contributed by atoms with E-state index in [9.17, 15) is 14.4 Å². The number of hydrogen-bond acceptors (Lipinski definition) is 7. The van der Waals surface area contributed by atoms with E-state index in [-0.39, 0.29) is 38.8 Å². The van der Waals surface area contributed by atoms with Crippen molar-refractivity contribution in [1.29, 1.82) is 5.26 Å². The number of ether oxygens (including phenoxy) is 1. The first-order valence-electron chi connectivity index (χ1n) is 8.78. The van der Waals surface area contributed by atoms with E-state index in [1.54, 1.807) is 12.1 Å². The molecule has 0 amide bonds. The molecule has 1 aliphatic carbocycles. The fourth-order valence-corrected chi connectivity index (χ4v) is 3.55. The molecule has 30 heavy (non-hydrogen) atoms.